The van der Waals surface area contributed by atoms with Gasteiger partial charge in [-0.3, -0.25) is 4.99 Å². The van der Waals surface area contributed by atoms with Gasteiger partial charge in [-0.1, -0.05) is 17.7 Å². The van der Waals surface area contributed by atoms with Crippen LogP contribution in [-0.4, -0.2) is 45.1 Å². The highest BCUT2D eigenvalue weighted by Crippen LogP contribution is 2.26. The molecule has 0 aliphatic carbocycles. The molecule has 1 unspecified atom stereocenters. The van der Waals surface area contributed by atoms with Gasteiger partial charge < -0.3 is 15.4 Å². The highest BCUT2D eigenvalue weighted by atomic mass is 127. The Labute approximate surface area is 181 Å². The molecule has 0 fully saturated rings. The highest BCUT2D eigenvalue weighted by molar-refractivity contribution is 14.0. The maximum Gasteiger partial charge on any atom is 0.191 e. The number of guanidine groups is 1. The van der Waals surface area contributed by atoms with Crippen LogP contribution in [0.4, 0.5) is 0 Å². The van der Waals surface area contributed by atoms with Gasteiger partial charge in [-0.05, 0) is 47.6 Å². The van der Waals surface area contributed by atoms with Gasteiger partial charge in [0.05, 0.1) is 30.2 Å². The Bertz CT molecular complexity index is 728. The van der Waals surface area contributed by atoms with Gasteiger partial charge in [0.1, 0.15) is 5.75 Å². The van der Waals surface area contributed by atoms with Crippen molar-refractivity contribution in [3.8, 4) is 5.75 Å². The zero-order valence-corrected chi connectivity index (χ0v) is 20.6. The molecule has 0 saturated carbocycles. The number of methoxy groups -OCH3 is 1. The first-order valence-corrected chi connectivity index (χ1v) is 10.6. The van der Waals surface area contributed by atoms with E-state index < -0.39 is 14.6 Å². The minimum absolute atomic E-state index is 0. The van der Waals surface area contributed by atoms with Crippen molar-refractivity contribution in [1.29, 1.82) is 0 Å². The fraction of sp³-hybridized carbons (Fsp3) is 0.632. The molecular formula is C19H34IN3O3S. The third kappa shape index (κ3) is 7.85. The molecule has 0 heterocycles. The standard InChI is InChI=1S/C19H33N3O3S.HI/c1-8-20-18(21-11-12-26(23,24)19(4,5)6)22-15(3)16-13-14(2)9-10-17(16)25-7;/h9-10,13,15H,8,11-12H2,1-7H3,(H2,20,21,22);1H. The lowest BCUT2D eigenvalue weighted by Gasteiger charge is -2.21. The SMILES string of the molecule is CCNC(=NCCS(=O)(=O)C(C)(C)C)NC(C)c1cc(C)ccc1OC.I. The minimum atomic E-state index is -3.19. The Morgan fingerprint density at radius 1 is 1.30 bits per heavy atom. The van der Waals surface area contributed by atoms with Gasteiger partial charge in [-0.2, -0.15) is 0 Å². The van der Waals surface area contributed by atoms with Crippen molar-refractivity contribution < 1.29 is 13.2 Å². The lowest BCUT2D eigenvalue weighted by Crippen LogP contribution is -2.39. The molecule has 2 N–H and O–H groups in total. The quantitative estimate of drug-likeness (QED) is 0.333. The smallest absolute Gasteiger partial charge is 0.191 e. The van der Waals surface area contributed by atoms with Crippen molar-refractivity contribution in [2.24, 2.45) is 4.99 Å². The lowest BCUT2D eigenvalue weighted by atomic mass is 10.0. The van der Waals surface area contributed by atoms with E-state index in [0.717, 1.165) is 16.9 Å². The van der Waals surface area contributed by atoms with Crippen LogP contribution in [-0.2, 0) is 9.84 Å². The summed E-state index contributed by atoms with van der Waals surface area (Å²) in [5.74, 6) is 1.42. The normalized spacial score (nSPS) is 13.5. The summed E-state index contributed by atoms with van der Waals surface area (Å²) in [6.45, 7) is 12.1. The molecule has 1 rings (SSSR count). The maximum absolute atomic E-state index is 12.2. The third-order valence-corrected chi connectivity index (χ3v) is 6.70. The summed E-state index contributed by atoms with van der Waals surface area (Å²) in [5.41, 5.74) is 2.17. The van der Waals surface area contributed by atoms with E-state index in [4.69, 9.17) is 4.74 Å². The first kappa shape index (κ1) is 26.0. The molecule has 0 radical (unpaired) electrons. The van der Waals surface area contributed by atoms with Crippen LogP contribution in [0.2, 0.25) is 0 Å². The number of benzene rings is 1. The number of rotatable bonds is 7. The van der Waals surface area contributed by atoms with Gasteiger partial charge in [0.2, 0.25) is 0 Å². The van der Waals surface area contributed by atoms with Gasteiger partial charge in [-0.15, -0.1) is 24.0 Å². The predicted molar refractivity (Wildman–Crippen MR) is 124 cm³/mol. The van der Waals surface area contributed by atoms with Crippen molar-refractivity contribution in [1.82, 2.24) is 10.6 Å². The second-order valence-electron chi connectivity index (χ2n) is 7.30. The zero-order chi connectivity index (χ0) is 20.0. The van der Waals surface area contributed by atoms with E-state index in [1.165, 1.54) is 0 Å². The molecule has 1 aromatic rings. The number of ether oxygens (including phenoxy) is 1. The predicted octanol–water partition coefficient (Wildman–Crippen LogP) is 3.45. The molecule has 8 heteroatoms. The first-order chi connectivity index (χ1) is 12.0. The molecule has 1 atom stereocenters. The molecule has 0 amide bonds. The Morgan fingerprint density at radius 3 is 2.44 bits per heavy atom. The van der Waals surface area contributed by atoms with E-state index in [2.05, 4.69) is 21.7 Å². The molecule has 0 aromatic heterocycles. The van der Waals surface area contributed by atoms with Crippen LogP contribution in [0.5, 0.6) is 5.75 Å². The van der Waals surface area contributed by atoms with Crippen molar-refractivity contribution in [2.45, 2.75) is 52.3 Å². The van der Waals surface area contributed by atoms with E-state index in [-0.39, 0.29) is 42.3 Å². The molecule has 1 aromatic carbocycles. The number of sulfone groups is 1. The topological polar surface area (TPSA) is 79.8 Å². The average Bonchev–Trinajstić information content (AvgIpc) is 2.53. The largest absolute Gasteiger partial charge is 0.496 e. The van der Waals surface area contributed by atoms with Gasteiger partial charge >= 0.3 is 0 Å². The van der Waals surface area contributed by atoms with E-state index >= 15 is 0 Å². The molecule has 0 bridgehead atoms. The summed E-state index contributed by atoms with van der Waals surface area (Å²) in [6, 6.07) is 5.99. The number of halogens is 1. The van der Waals surface area contributed by atoms with Crippen molar-refractivity contribution in [3.05, 3.63) is 29.3 Å². The third-order valence-electron chi connectivity index (χ3n) is 4.11. The average molecular weight is 511 g/mol. The zero-order valence-electron chi connectivity index (χ0n) is 17.4. The molecule has 6 nitrogen and oxygen atoms in total. The van der Waals surface area contributed by atoms with Crippen LogP contribution in [0.3, 0.4) is 0 Å². The summed E-state index contributed by atoms with van der Waals surface area (Å²) < 4.78 is 29.1. The number of nitrogens with zero attached hydrogens (tertiary/aromatic N) is 1. The minimum Gasteiger partial charge on any atom is -0.496 e. The maximum atomic E-state index is 12.2. The van der Waals surface area contributed by atoms with Crippen LogP contribution < -0.4 is 15.4 Å². The Morgan fingerprint density at radius 2 is 1.93 bits per heavy atom. The Hall–Kier alpha value is -1.03. The summed E-state index contributed by atoms with van der Waals surface area (Å²) in [7, 11) is -1.54. The van der Waals surface area contributed by atoms with Crippen LogP contribution in [0.1, 0.15) is 51.8 Å². The van der Waals surface area contributed by atoms with Crippen molar-refractivity contribution in [3.63, 3.8) is 0 Å². The second-order valence-corrected chi connectivity index (χ2v) is 10.2. The number of aliphatic imine (C=N–C) groups is 1. The van der Waals surface area contributed by atoms with Crippen LogP contribution in [0.15, 0.2) is 23.2 Å². The van der Waals surface area contributed by atoms with E-state index in [9.17, 15) is 8.42 Å². The molecule has 0 saturated heterocycles. The fourth-order valence-corrected chi connectivity index (χ4v) is 3.32. The van der Waals surface area contributed by atoms with Crippen molar-refractivity contribution >= 4 is 39.8 Å². The van der Waals surface area contributed by atoms with E-state index in [0.29, 0.717) is 12.5 Å². The first-order valence-electron chi connectivity index (χ1n) is 8.93. The monoisotopic (exact) mass is 511 g/mol. The Balaban J connectivity index is 0.00000676. The number of aryl methyl sites for hydroxylation is 1. The number of hydrogen-bond acceptors (Lipinski definition) is 4. The van der Waals surface area contributed by atoms with Crippen LogP contribution in [0, 0.1) is 6.92 Å². The summed E-state index contributed by atoms with van der Waals surface area (Å²) in [6.07, 6.45) is 0. The van der Waals surface area contributed by atoms with Gasteiger partial charge in [0, 0.05) is 12.1 Å². The second kappa shape index (κ2) is 11.1. The van der Waals surface area contributed by atoms with E-state index in [1.54, 1.807) is 27.9 Å². The fourth-order valence-electron chi connectivity index (χ4n) is 2.38. The number of hydrogen-bond donors (Lipinski definition) is 2. The van der Waals surface area contributed by atoms with Crippen LogP contribution in [0.25, 0.3) is 0 Å². The summed E-state index contributed by atoms with van der Waals surface area (Å²) in [5, 5.41) is 6.49. The number of nitrogens with one attached hydrogen (secondary N) is 2. The van der Waals surface area contributed by atoms with Gasteiger partial charge in [0.25, 0.3) is 0 Å². The molecule has 27 heavy (non-hydrogen) atoms. The summed E-state index contributed by atoms with van der Waals surface area (Å²) >= 11 is 0. The van der Waals surface area contributed by atoms with Crippen molar-refractivity contribution in [2.75, 3.05) is 26.0 Å². The highest BCUT2D eigenvalue weighted by Gasteiger charge is 2.28. The molecule has 156 valence electrons. The van der Waals surface area contributed by atoms with E-state index in [1.807, 2.05) is 32.9 Å². The molecular weight excluding hydrogens is 477 g/mol. The molecule has 0 aliphatic rings. The molecule has 0 aliphatic heterocycles. The Kier molecular flexibility index (Phi) is 10.7. The lowest BCUT2D eigenvalue weighted by molar-refractivity contribution is 0.405. The summed E-state index contributed by atoms with van der Waals surface area (Å²) in [4.78, 5) is 4.43. The molecule has 0 spiro atoms. The van der Waals surface area contributed by atoms with Gasteiger partial charge in [-0.25, -0.2) is 8.42 Å². The van der Waals surface area contributed by atoms with Gasteiger partial charge in [0.15, 0.2) is 15.8 Å². The van der Waals surface area contributed by atoms with Crippen LogP contribution >= 0.6 is 24.0 Å².